The van der Waals surface area contributed by atoms with Gasteiger partial charge in [0.2, 0.25) is 0 Å². The molecule has 0 saturated heterocycles. The fraction of sp³-hybridized carbons (Fsp3) is 0.238. The maximum Gasteiger partial charge on any atom is 0.277 e. The van der Waals surface area contributed by atoms with E-state index in [9.17, 15) is 9.59 Å². The number of ether oxygens (including phenoxy) is 1. The summed E-state index contributed by atoms with van der Waals surface area (Å²) in [6.07, 6.45) is 3.09. The molecule has 0 fully saturated rings. The zero-order chi connectivity index (χ0) is 19.1. The van der Waals surface area contributed by atoms with E-state index in [1.165, 1.54) is 11.6 Å². The van der Waals surface area contributed by atoms with E-state index in [4.69, 9.17) is 9.84 Å². The van der Waals surface area contributed by atoms with Crippen molar-refractivity contribution in [1.29, 1.82) is 0 Å². The fourth-order valence-corrected chi connectivity index (χ4v) is 2.84. The number of carbonyl (C=O) groups excluding carboxylic acids is 2. The molecule has 2 aromatic rings. The Kier molecular flexibility index (Phi) is 6.22. The van der Waals surface area contributed by atoms with Crippen molar-refractivity contribution in [2.75, 3.05) is 25.1 Å². The number of aliphatic hydroxyl groups is 1. The molecule has 0 bridgehead atoms. The van der Waals surface area contributed by atoms with Crippen LogP contribution in [0.4, 0.5) is 5.69 Å². The van der Waals surface area contributed by atoms with Crippen molar-refractivity contribution < 1.29 is 19.4 Å². The number of aryl methyl sites for hydroxylation is 1. The van der Waals surface area contributed by atoms with Gasteiger partial charge < -0.3 is 15.2 Å². The molecule has 3 rings (SSSR count). The second-order valence-corrected chi connectivity index (χ2v) is 6.17. The molecule has 0 spiro atoms. The number of rotatable bonds is 9. The molecule has 6 heteroatoms. The molecule has 2 amide bonds. The molecule has 0 aliphatic carbocycles. The number of nitrogens with zero attached hydrogens (tertiary/aromatic N) is 1. The summed E-state index contributed by atoms with van der Waals surface area (Å²) in [5, 5.41) is 11.9. The van der Waals surface area contributed by atoms with E-state index >= 15 is 0 Å². The van der Waals surface area contributed by atoms with Crippen molar-refractivity contribution in [3.63, 3.8) is 0 Å². The molecule has 0 radical (unpaired) electrons. The molecule has 2 N–H and O–H groups in total. The molecule has 0 aromatic heterocycles. The molecule has 140 valence electrons. The quantitative estimate of drug-likeness (QED) is 0.526. The predicted molar refractivity (Wildman–Crippen MR) is 102 cm³/mol. The summed E-state index contributed by atoms with van der Waals surface area (Å²) >= 11 is 0. The third kappa shape index (κ3) is 4.95. The Labute approximate surface area is 158 Å². The van der Waals surface area contributed by atoms with Gasteiger partial charge in [-0.2, -0.15) is 0 Å². The Morgan fingerprint density at radius 1 is 1.04 bits per heavy atom. The number of benzene rings is 2. The van der Waals surface area contributed by atoms with E-state index in [0.717, 1.165) is 17.7 Å². The lowest BCUT2D eigenvalue weighted by atomic mass is 10.1. The van der Waals surface area contributed by atoms with Gasteiger partial charge in [-0.25, -0.2) is 0 Å². The number of amides is 2. The number of imide groups is 1. The monoisotopic (exact) mass is 366 g/mol. The lowest BCUT2D eigenvalue weighted by molar-refractivity contribution is -0.137. The minimum atomic E-state index is -0.441. The van der Waals surface area contributed by atoms with Gasteiger partial charge in [-0.15, -0.1) is 0 Å². The van der Waals surface area contributed by atoms with E-state index in [1.807, 2.05) is 30.3 Å². The van der Waals surface area contributed by atoms with Gasteiger partial charge in [-0.3, -0.25) is 14.5 Å². The predicted octanol–water partition coefficient (Wildman–Crippen LogP) is 2.36. The highest BCUT2D eigenvalue weighted by atomic mass is 16.5. The normalized spacial score (nSPS) is 13.7. The van der Waals surface area contributed by atoms with Gasteiger partial charge in [0, 0.05) is 17.8 Å². The number of hydrogen-bond acceptors (Lipinski definition) is 5. The van der Waals surface area contributed by atoms with Crippen LogP contribution in [0, 0.1) is 0 Å². The zero-order valence-corrected chi connectivity index (χ0v) is 14.9. The van der Waals surface area contributed by atoms with E-state index in [2.05, 4.69) is 17.4 Å². The summed E-state index contributed by atoms with van der Waals surface area (Å²) in [5.41, 5.74) is 2.13. The van der Waals surface area contributed by atoms with Gasteiger partial charge in [-0.1, -0.05) is 36.4 Å². The molecule has 0 atom stereocenters. The van der Waals surface area contributed by atoms with Crippen molar-refractivity contribution in [3.05, 3.63) is 71.9 Å². The number of hydrogen-bond donors (Lipinski definition) is 2. The minimum Gasteiger partial charge on any atom is -0.494 e. The second kappa shape index (κ2) is 9.00. The van der Waals surface area contributed by atoms with Gasteiger partial charge in [0.25, 0.3) is 11.8 Å². The Bertz CT molecular complexity index is 833. The number of nitrogens with one attached hydrogen (secondary N) is 1. The number of β-amino-alcohol motifs (C(OH)–C–C–N with tert-alkyl or cyclic N) is 1. The lowest BCUT2D eigenvalue weighted by Crippen LogP contribution is -2.34. The molecule has 6 nitrogen and oxygen atoms in total. The largest absolute Gasteiger partial charge is 0.494 e. The Morgan fingerprint density at radius 3 is 2.63 bits per heavy atom. The van der Waals surface area contributed by atoms with Crippen LogP contribution in [0.2, 0.25) is 0 Å². The average Bonchev–Trinajstić information content (AvgIpc) is 2.94. The first-order chi connectivity index (χ1) is 13.2. The van der Waals surface area contributed by atoms with Crippen LogP contribution in [0.15, 0.2) is 66.4 Å². The highest BCUT2D eigenvalue weighted by Gasteiger charge is 2.30. The molecule has 1 aliphatic rings. The maximum atomic E-state index is 12.2. The third-order valence-corrected chi connectivity index (χ3v) is 4.17. The van der Waals surface area contributed by atoms with Gasteiger partial charge in [-0.05, 0) is 30.5 Å². The molecule has 0 saturated carbocycles. The van der Waals surface area contributed by atoms with Gasteiger partial charge in [0.1, 0.15) is 11.4 Å². The summed E-state index contributed by atoms with van der Waals surface area (Å²) in [6.45, 7) is 0.317. The first-order valence-corrected chi connectivity index (χ1v) is 8.89. The van der Waals surface area contributed by atoms with Crippen molar-refractivity contribution in [3.8, 4) is 5.75 Å². The van der Waals surface area contributed by atoms with Crippen LogP contribution in [-0.4, -0.2) is 41.6 Å². The van der Waals surface area contributed by atoms with E-state index in [1.54, 1.807) is 12.1 Å². The van der Waals surface area contributed by atoms with Crippen LogP contribution in [0.25, 0.3) is 0 Å². The topological polar surface area (TPSA) is 78.9 Å². The summed E-state index contributed by atoms with van der Waals surface area (Å²) in [7, 11) is 0. The highest BCUT2D eigenvalue weighted by Crippen LogP contribution is 2.21. The van der Waals surface area contributed by atoms with Crippen molar-refractivity contribution >= 4 is 17.5 Å². The van der Waals surface area contributed by atoms with Gasteiger partial charge in [0.05, 0.1) is 19.8 Å². The first kappa shape index (κ1) is 18.7. The average molecular weight is 366 g/mol. The third-order valence-electron chi connectivity index (χ3n) is 4.17. The van der Waals surface area contributed by atoms with Crippen molar-refractivity contribution in [2.45, 2.75) is 12.8 Å². The number of anilines is 1. The van der Waals surface area contributed by atoms with Crippen molar-refractivity contribution in [1.82, 2.24) is 4.90 Å². The van der Waals surface area contributed by atoms with Crippen LogP contribution >= 0.6 is 0 Å². The van der Waals surface area contributed by atoms with Crippen molar-refractivity contribution in [2.24, 2.45) is 0 Å². The molecule has 2 aromatic carbocycles. The van der Waals surface area contributed by atoms with Gasteiger partial charge in [0.15, 0.2) is 0 Å². The summed E-state index contributed by atoms with van der Waals surface area (Å²) in [4.78, 5) is 25.0. The Balaban J connectivity index is 1.52. The molecular weight excluding hydrogens is 344 g/mol. The smallest absolute Gasteiger partial charge is 0.277 e. The van der Waals surface area contributed by atoms with Crippen LogP contribution in [0.1, 0.15) is 12.0 Å². The minimum absolute atomic E-state index is 0.0100. The van der Waals surface area contributed by atoms with Crippen LogP contribution in [0.3, 0.4) is 0 Å². The van der Waals surface area contributed by atoms with Crippen LogP contribution in [0.5, 0.6) is 5.75 Å². The number of aliphatic hydroxyl groups excluding tert-OH is 1. The lowest BCUT2D eigenvalue weighted by Gasteiger charge is -2.14. The van der Waals surface area contributed by atoms with Crippen LogP contribution < -0.4 is 10.1 Å². The first-order valence-electron chi connectivity index (χ1n) is 8.89. The summed E-state index contributed by atoms with van der Waals surface area (Å²) in [5.74, 6) is -0.175. The Morgan fingerprint density at radius 2 is 1.85 bits per heavy atom. The van der Waals surface area contributed by atoms with E-state index in [0.29, 0.717) is 18.0 Å². The van der Waals surface area contributed by atoms with E-state index < -0.39 is 11.8 Å². The molecule has 1 aliphatic heterocycles. The zero-order valence-electron chi connectivity index (χ0n) is 14.9. The molecule has 0 unspecified atom stereocenters. The molecular formula is C21H22N2O4. The molecule has 27 heavy (non-hydrogen) atoms. The summed E-state index contributed by atoms with van der Waals surface area (Å²) < 4.78 is 5.79. The summed E-state index contributed by atoms with van der Waals surface area (Å²) in [6, 6.07) is 17.5. The second-order valence-electron chi connectivity index (χ2n) is 6.17. The Hall–Kier alpha value is -3.12. The van der Waals surface area contributed by atoms with Crippen LogP contribution in [-0.2, 0) is 16.0 Å². The van der Waals surface area contributed by atoms with Gasteiger partial charge >= 0.3 is 0 Å². The SMILES string of the molecule is O=C1C=C(Nc2cccc(OCCCc3ccccc3)c2)C(=O)N1CCO. The van der Waals surface area contributed by atoms with E-state index in [-0.39, 0.29) is 18.8 Å². The highest BCUT2D eigenvalue weighted by molar-refractivity contribution is 6.17. The standard InChI is InChI=1S/C21H22N2O4/c24-12-11-23-20(25)15-19(21(23)26)22-17-9-4-10-18(14-17)27-13-5-8-16-6-2-1-3-7-16/h1-4,6-7,9-10,14-15,22,24H,5,8,11-13H2. The maximum absolute atomic E-state index is 12.2. The molecule has 1 heterocycles. The number of carbonyl (C=O) groups is 2. The fourth-order valence-electron chi connectivity index (χ4n) is 2.84.